The Labute approximate surface area is 110 Å². The van der Waals surface area contributed by atoms with Crippen LogP contribution in [0.3, 0.4) is 0 Å². The summed E-state index contributed by atoms with van der Waals surface area (Å²) in [6.07, 6.45) is 0.291. The lowest BCUT2D eigenvalue weighted by molar-refractivity contribution is -0.111. The second-order valence-corrected chi connectivity index (χ2v) is 4.71. The Morgan fingerprint density at radius 1 is 1.00 bits per heavy atom. The Balaban J connectivity index is 2.14. The van der Waals surface area contributed by atoms with Gasteiger partial charge in [0.2, 0.25) is 5.24 Å². The minimum atomic E-state index is -0.327. The van der Waals surface area contributed by atoms with Crippen molar-refractivity contribution in [1.29, 1.82) is 0 Å². The van der Waals surface area contributed by atoms with Crippen LogP contribution in [0.25, 0.3) is 0 Å². The van der Waals surface area contributed by atoms with E-state index in [4.69, 9.17) is 16.3 Å². The van der Waals surface area contributed by atoms with Crippen molar-refractivity contribution in [3.8, 4) is 11.5 Å². The van der Waals surface area contributed by atoms with Gasteiger partial charge >= 0.3 is 0 Å². The molecule has 18 heavy (non-hydrogen) atoms. The fourth-order valence-electron chi connectivity index (χ4n) is 2.39. The van der Waals surface area contributed by atoms with Crippen LogP contribution in [0.1, 0.15) is 23.5 Å². The largest absolute Gasteiger partial charge is 0.457 e. The average Bonchev–Trinajstić information content (AvgIpc) is 2.38. The van der Waals surface area contributed by atoms with Crippen LogP contribution in [-0.4, -0.2) is 5.24 Å². The van der Waals surface area contributed by atoms with Crippen molar-refractivity contribution in [3.05, 3.63) is 59.7 Å². The smallest absolute Gasteiger partial charge is 0.222 e. The molecule has 3 heteroatoms. The standard InChI is InChI=1S/C15H11ClO2/c16-15(17)9-12-10-5-1-3-7-13(10)18-14-8-4-2-6-11(12)14/h1-8,12H,9H2. The first kappa shape index (κ1) is 11.3. The Morgan fingerprint density at radius 3 is 2.00 bits per heavy atom. The number of halogens is 1. The van der Waals surface area contributed by atoms with Crippen molar-refractivity contribution in [1.82, 2.24) is 0 Å². The summed E-state index contributed by atoms with van der Waals surface area (Å²) in [6.45, 7) is 0. The van der Waals surface area contributed by atoms with E-state index in [9.17, 15) is 4.79 Å². The summed E-state index contributed by atoms with van der Waals surface area (Å²) in [5.74, 6) is 1.59. The van der Waals surface area contributed by atoms with E-state index in [-0.39, 0.29) is 11.2 Å². The van der Waals surface area contributed by atoms with Gasteiger partial charge in [-0.15, -0.1) is 0 Å². The maximum Gasteiger partial charge on any atom is 0.222 e. The van der Waals surface area contributed by atoms with Crippen LogP contribution in [0, 0.1) is 0 Å². The summed E-state index contributed by atoms with van der Waals surface area (Å²) in [5.41, 5.74) is 2.04. The highest BCUT2D eigenvalue weighted by molar-refractivity contribution is 6.63. The zero-order chi connectivity index (χ0) is 12.5. The van der Waals surface area contributed by atoms with Gasteiger partial charge in [-0.2, -0.15) is 0 Å². The van der Waals surface area contributed by atoms with Gasteiger partial charge in [-0.25, -0.2) is 0 Å². The Kier molecular flexibility index (Phi) is 2.80. The predicted octanol–water partition coefficient (Wildman–Crippen LogP) is 4.08. The van der Waals surface area contributed by atoms with Gasteiger partial charge in [-0.05, 0) is 23.7 Å². The lowest BCUT2D eigenvalue weighted by Gasteiger charge is -2.27. The molecule has 0 fully saturated rings. The molecule has 0 aliphatic carbocycles. The second kappa shape index (κ2) is 4.46. The molecule has 0 amide bonds. The molecule has 0 N–H and O–H groups in total. The Hall–Kier alpha value is -1.80. The van der Waals surface area contributed by atoms with Crippen molar-refractivity contribution in [2.24, 2.45) is 0 Å². The minimum absolute atomic E-state index is 0.0175. The molecule has 0 unspecified atom stereocenters. The van der Waals surface area contributed by atoms with Crippen molar-refractivity contribution < 1.29 is 9.53 Å². The molecule has 0 saturated heterocycles. The molecule has 0 atom stereocenters. The molecule has 1 aliphatic rings. The lowest BCUT2D eigenvalue weighted by Crippen LogP contribution is -2.12. The first-order valence-electron chi connectivity index (χ1n) is 5.80. The van der Waals surface area contributed by atoms with E-state index >= 15 is 0 Å². The molecule has 90 valence electrons. The zero-order valence-corrected chi connectivity index (χ0v) is 10.4. The van der Waals surface area contributed by atoms with Crippen LogP contribution in [0.15, 0.2) is 48.5 Å². The third-order valence-electron chi connectivity index (χ3n) is 3.17. The normalized spacial score (nSPS) is 13.4. The van der Waals surface area contributed by atoms with Crippen LogP contribution in [-0.2, 0) is 4.79 Å². The number of benzene rings is 2. The molecular formula is C15H11ClO2. The molecule has 0 spiro atoms. The van der Waals surface area contributed by atoms with Crippen LogP contribution in [0.4, 0.5) is 0 Å². The van der Waals surface area contributed by atoms with Crippen LogP contribution in [0.5, 0.6) is 11.5 Å². The van der Waals surface area contributed by atoms with Gasteiger partial charge in [0.25, 0.3) is 0 Å². The number of hydrogen-bond donors (Lipinski definition) is 0. The van der Waals surface area contributed by atoms with E-state index in [1.807, 2.05) is 48.5 Å². The van der Waals surface area contributed by atoms with Gasteiger partial charge in [0.15, 0.2) is 0 Å². The number of para-hydroxylation sites is 2. The Morgan fingerprint density at radius 2 is 1.50 bits per heavy atom. The predicted molar refractivity (Wildman–Crippen MR) is 70.3 cm³/mol. The van der Waals surface area contributed by atoms with Gasteiger partial charge < -0.3 is 4.74 Å². The van der Waals surface area contributed by atoms with E-state index in [1.54, 1.807) is 0 Å². The molecular weight excluding hydrogens is 248 g/mol. The van der Waals surface area contributed by atoms with Crippen LogP contribution < -0.4 is 4.74 Å². The van der Waals surface area contributed by atoms with E-state index in [0.717, 1.165) is 22.6 Å². The van der Waals surface area contributed by atoms with Crippen molar-refractivity contribution in [2.75, 3.05) is 0 Å². The lowest BCUT2D eigenvalue weighted by atomic mass is 9.86. The van der Waals surface area contributed by atoms with Crippen molar-refractivity contribution >= 4 is 16.8 Å². The van der Waals surface area contributed by atoms with Crippen molar-refractivity contribution in [2.45, 2.75) is 12.3 Å². The number of rotatable bonds is 2. The highest BCUT2D eigenvalue weighted by Gasteiger charge is 2.27. The number of carbonyl (C=O) groups is 1. The summed E-state index contributed by atoms with van der Waals surface area (Å²) in [7, 11) is 0. The molecule has 0 radical (unpaired) electrons. The van der Waals surface area contributed by atoms with E-state index in [0.29, 0.717) is 6.42 Å². The molecule has 1 heterocycles. The highest BCUT2D eigenvalue weighted by atomic mass is 35.5. The molecule has 1 aliphatic heterocycles. The van der Waals surface area contributed by atoms with Crippen molar-refractivity contribution in [3.63, 3.8) is 0 Å². The number of ether oxygens (including phenoxy) is 1. The van der Waals surface area contributed by atoms with Gasteiger partial charge in [0, 0.05) is 23.5 Å². The van der Waals surface area contributed by atoms with Gasteiger partial charge in [0.05, 0.1) is 0 Å². The van der Waals surface area contributed by atoms with Crippen LogP contribution >= 0.6 is 11.6 Å². The summed E-state index contributed by atoms with van der Waals surface area (Å²) >= 11 is 5.56. The molecule has 3 rings (SSSR count). The van der Waals surface area contributed by atoms with Gasteiger partial charge in [0.1, 0.15) is 11.5 Å². The zero-order valence-electron chi connectivity index (χ0n) is 9.60. The van der Waals surface area contributed by atoms with E-state index in [2.05, 4.69) is 0 Å². The molecule has 2 nitrogen and oxygen atoms in total. The fourth-order valence-corrected chi connectivity index (χ4v) is 2.54. The minimum Gasteiger partial charge on any atom is -0.457 e. The average molecular weight is 259 g/mol. The van der Waals surface area contributed by atoms with E-state index < -0.39 is 0 Å². The number of fused-ring (bicyclic) bond motifs is 2. The topological polar surface area (TPSA) is 26.3 Å². The van der Waals surface area contributed by atoms with Gasteiger partial charge in [-0.3, -0.25) is 4.79 Å². The summed E-state index contributed by atoms with van der Waals surface area (Å²) in [6, 6.07) is 15.5. The molecule has 0 bridgehead atoms. The Bertz CT molecular complexity index is 561. The summed E-state index contributed by atoms with van der Waals surface area (Å²) in [5, 5.41) is -0.327. The molecule has 2 aromatic rings. The molecule has 0 aromatic heterocycles. The highest BCUT2D eigenvalue weighted by Crippen LogP contribution is 2.45. The monoisotopic (exact) mass is 258 g/mol. The third kappa shape index (κ3) is 1.89. The van der Waals surface area contributed by atoms with Crippen LogP contribution in [0.2, 0.25) is 0 Å². The maximum atomic E-state index is 11.3. The quantitative estimate of drug-likeness (QED) is 0.759. The second-order valence-electron chi connectivity index (χ2n) is 4.29. The third-order valence-corrected chi connectivity index (χ3v) is 3.33. The first-order chi connectivity index (χ1) is 8.75. The molecule has 0 saturated carbocycles. The number of hydrogen-bond acceptors (Lipinski definition) is 2. The molecule has 2 aromatic carbocycles. The van der Waals surface area contributed by atoms with E-state index in [1.165, 1.54) is 0 Å². The van der Waals surface area contributed by atoms with Gasteiger partial charge in [-0.1, -0.05) is 36.4 Å². The maximum absolute atomic E-state index is 11.3. The summed E-state index contributed by atoms with van der Waals surface area (Å²) < 4.78 is 5.83. The summed E-state index contributed by atoms with van der Waals surface area (Å²) in [4.78, 5) is 11.3. The fraction of sp³-hybridized carbons (Fsp3) is 0.133. The number of carbonyl (C=O) groups excluding carboxylic acids is 1. The SMILES string of the molecule is O=C(Cl)CC1c2ccccc2Oc2ccccc21. The first-order valence-corrected chi connectivity index (χ1v) is 6.17.